The molecule has 0 saturated heterocycles. The van der Waals surface area contributed by atoms with Gasteiger partial charge >= 0.3 is 0 Å². The summed E-state index contributed by atoms with van der Waals surface area (Å²) in [6.45, 7) is 0. The summed E-state index contributed by atoms with van der Waals surface area (Å²) in [5, 5.41) is 14.3. The first-order valence-corrected chi connectivity index (χ1v) is 12.1. The molecule has 0 spiro atoms. The zero-order chi connectivity index (χ0) is 25.5. The molecule has 0 saturated carbocycles. The minimum atomic E-state index is -0.297. The van der Waals surface area contributed by atoms with E-state index in [9.17, 15) is 9.59 Å². The lowest BCUT2D eigenvalue weighted by Crippen LogP contribution is -2.30. The van der Waals surface area contributed by atoms with Crippen molar-refractivity contribution in [1.29, 1.82) is 0 Å². The Balaban J connectivity index is 1.47. The molecule has 3 heterocycles. The third-order valence-electron chi connectivity index (χ3n) is 6.17. The van der Waals surface area contributed by atoms with Crippen LogP contribution in [0.3, 0.4) is 0 Å². The predicted octanol–water partition coefficient (Wildman–Crippen LogP) is 3.38. The number of benzene rings is 1. The van der Waals surface area contributed by atoms with Crippen LogP contribution in [0.15, 0.2) is 55.0 Å². The van der Waals surface area contributed by atoms with Crippen molar-refractivity contribution in [2.75, 3.05) is 7.05 Å². The summed E-state index contributed by atoms with van der Waals surface area (Å²) < 4.78 is 3.33. The Kier molecular flexibility index (Phi) is 7.94. The van der Waals surface area contributed by atoms with E-state index < -0.39 is 0 Å². The van der Waals surface area contributed by atoms with Crippen LogP contribution in [0.2, 0.25) is 0 Å². The van der Waals surface area contributed by atoms with E-state index in [0.717, 1.165) is 41.8 Å². The predicted molar refractivity (Wildman–Crippen MR) is 137 cm³/mol. The molecule has 10 nitrogen and oxygen atoms in total. The van der Waals surface area contributed by atoms with Crippen LogP contribution in [0.4, 0.5) is 0 Å². The van der Waals surface area contributed by atoms with Crippen LogP contribution < -0.4 is 10.6 Å². The maximum absolute atomic E-state index is 12.9. The molecule has 10 heteroatoms. The number of nitrogens with zero attached hydrogens (tertiary/aromatic N) is 5. The number of aryl methyl sites for hydroxylation is 2. The lowest BCUT2D eigenvalue weighted by atomic mass is 10.1. The van der Waals surface area contributed by atoms with E-state index in [0.29, 0.717) is 24.4 Å². The molecule has 4 rings (SSSR count). The fourth-order valence-electron chi connectivity index (χ4n) is 4.09. The van der Waals surface area contributed by atoms with Gasteiger partial charge in [-0.05, 0) is 30.5 Å². The van der Waals surface area contributed by atoms with Gasteiger partial charge in [-0.15, -0.1) is 0 Å². The fraction of sp³-hybridized carbons (Fsp3) is 0.346. The van der Waals surface area contributed by atoms with E-state index in [1.165, 1.54) is 0 Å². The molecular weight excluding hydrogens is 456 g/mol. The SMILES string of the molecule is CNC(=O)CCCCCC(NC(=O)c1ccnn1C)c1ncc(-c2ccc(-c3ccn(C)n3)cc2)[nH]1. The molecule has 3 aromatic heterocycles. The average molecular weight is 489 g/mol. The van der Waals surface area contributed by atoms with E-state index >= 15 is 0 Å². The summed E-state index contributed by atoms with van der Waals surface area (Å²) in [6, 6.07) is 11.5. The lowest BCUT2D eigenvalue weighted by Gasteiger charge is -2.17. The van der Waals surface area contributed by atoms with Crippen molar-refractivity contribution in [2.45, 2.75) is 38.1 Å². The average Bonchev–Trinajstić information content (AvgIpc) is 3.64. The molecule has 0 aliphatic heterocycles. The Labute approximate surface area is 210 Å². The van der Waals surface area contributed by atoms with Crippen LogP contribution in [-0.4, -0.2) is 48.4 Å². The van der Waals surface area contributed by atoms with E-state index in [2.05, 4.69) is 30.8 Å². The first kappa shape index (κ1) is 24.9. The number of unbranched alkanes of at least 4 members (excludes halogenated alkanes) is 2. The highest BCUT2D eigenvalue weighted by molar-refractivity contribution is 5.92. The van der Waals surface area contributed by atoms with Gasteiger partial charge in [0.05, 0.1) is 23.6 Å². The van der Waals surface area contributed by atoms with Crippen molar-refractivity contribution in [3.63, 3.8) is 0 Å². The van der Waals surface area contributed by atoms with Crippen molar-refractivity contribution in [3.05, 3.63) is 66.5 Å². The van der Waals surface area contributed by atoms with Crippen molar-refractivity contribution in [3.8, 4) is 22.5 Å². The van der Waals surface area contributed by atoms with Gasteiger partial charge in [-0.1, -0.05) is 37.1 Å². The van der Waals surface area contributed by atoms with Gasteiger partial charge in [0.25, 0.3) is 5.91 Å². The molecule has 0 bridgehead atoms. The number of amides is 2. The molecule has 4 aromatic rings. The molecule has 2 amide bonds. The summed E-state index contributed by atoms with van der Waals surface area (Å²) in [6.07, 6.45) is 9.04. The first-order valence-electron chi connectivity index (χ1n) is 12.1. The number of hydrogen-bond acceptors (Lipinski definition) is 5. The minimum absolute atomic E-state index is 0.0424. The van der Waals surface area contributed by atoms with Crippen molar-refractivity contribution >= 4 is 11.8 Å². The zero-order valence-corrected chi connectivity index (χ0v) is 20.9. The molecule has 36 heavy (non-hydrogen) atoms. The van der Waals surface area contributed by atoms with E-state index in [1.807, 2.05) is 43.6 Å². The van der Waals surface area contributed by atoms with Gasteiger partial charge in [-0.2, -0.15) is 10.2 Å². The minimum Gasteiger partial charge on any atom is -0.359 e. The van der Waals surface area contributed by atoms with Gasteiger partial charge in [0.1, 0.15) is 11.5 Å². The molecule has 0 radical (unpaired) electrons. The van der Waals surface area contributed by atoms with Gasteiger partial charge in [-0.25, -0.2) is 4.98 Å². The quantitative estimate of drug-likeness (QED) is 0.279. The number of carbonyl (C=O) groups excluding carboxylic acids is 2. The molecule has 0 fully saturated rings. The highest BCUT2D eigenvalue weighted by Crippen LogP contribution is 2.25. The molecule has 3 N–H and O–H groups in total. The van der Waals surface area contributed by atoms with Gasteiger partial charge in [-0.3, -0.25) is 19.0 Å². The van der Waals surface area contributed by atoms with Crippen LogP contribution in [0, 0.1) is 0 Å². The number of aromatic amines is 1. The van der Waals surface area contributed by atoms with Crippen LogP contribution in [-0.2, 0) is 18.9 Å². The highest BCUT2D eigenvalue weighted by Gasteiger charge is 2.20. The molecule has 1 atom stereocenters. The van der Waals surface area contributed by atoms with Gasteiger partial charge in [0.15, 0.2) is 0 Å². The molecule has 1 aromatic carbocycles. The van der Waals surface area contributed by atoms with E-state index in [1.54, 1.807) is 41.9 Å². The van der Waals surface area contributed by atoms with Crippen molar-refractivity contribution in [1.82, 2.24) is 40.2 Å². The van der Waals surface area contributed by atoms with Gasteiger partial charge < -0.3 is 15.6 Å². The van der Waals surface area contributed by atoms with Crippen molar-refractivity contribution < 1.29 is 9.59 Å². The third-order valence-corrected chi connectivity index (χ3v) is 6.17. The number of nitrogens with one attached hydrogen (secondary N) is 3. The highest BCUT2D eigenvalue weighted by atomic mass is 16.2. The molecule has 188 valence electrons. The van der Waals surface area contributed by atoms with E-state index in [4.69, 9.17) is 0 Å². The van der Waals surface area contributed by atoms with Gasteiger partial charge in [0, 0.05) is 45.5 Å². The fourth-order valence-corrected chi connectivity index (χ4v) is 4.09. The maximum Gasteiger partial charge on any atom is 0.270 e. The Morgan fingerprint density at radius 3 is 2.47 bits per heavy atom. The van der Waals surface area contributed by atoms with Crippen LogP contribution in [0.1, 0.15) is 54.5 Å². The van der Waals surface area contributed by atoms with Crippen molar-refractivity contribution in [2.24, 2.45) is 14.1 Å². The molecule has 0 aliphatic carbocycles. The van der Waals surface area contributed by atoms with Crippen LogP contribution in [0.25, 0.3) is 22.5 Å². The number of aromatic nitrogens is 6. The second kappa shape index (κ2) is 11.5. The Bertz CT molecular complexity index is 1300. The normalized spacial score (nSPS) is 11.9. The second-order valence-corrected chi connectivity index (χ2v) is 8.77. The van der Waals surface area contributed by atoms with Crippen LogP contribution in [0.5, 0.6) is 0 Å². The smallest absolute Gasteiger partial charge is 0.270 e. The second-order valence-electron chi connectivity index (χ2n) is 8.77. The topological polar surface area (TPSA) is 123 Å². The Hall–Kier alpha value is -4.21. The number of hydrogen-bond donors (Lipinski definition) is 3. The summed E-state index contributed by atoms with van der Waals surface area (Å²) in [4.78, 5) is 32.4. The van der Waals surface area contributed by atoms with Gasteiger partial charge in [0.2, 0.25) is 5.91 Å². The maximum atomic E-state index is 12.9. The number of imidazole rings is 1. The Morgan fingerprint density at radius 1 is 1.03 bits per heavy atom. The summed E-state index contributed by atoms with van der Waals surface area (Å²) >= 11 is 0. The summed E-state index contributed by atoms with van der Waals surface area (Å²) in [5.41, 5.74) is 4.31. The Morgan fingerprint density at radius 2 is 1.81 bits per heavy atom. The first-order chi connectivity index (χ1) is 17.4. The molecular formula is C26H32N8O2. The number of H-pyrrole nitrogens is 1. The summed E-state index contributed by atoms with van der Waals surface area (Å²) in [7, 11) is 5.28. The third kappa shape index (κ3) is 6.07. The monoisotopic (exact) mass is 488 g/mol. The van der Waals surface area contributed by atoms with E-state index in [-0.39, 0.29) is 17.9 Å². The van der Waals surface area contributed by atoms with Crippen LogP contribution >= 0.6 is 0 Å². The lowest BCUT2D eigenvalue weighted by molar-refractivity contribution is -0.120. The number of rotatable bonds is 11. The molecule has 0 aliphatic rings. The summed E-state index contributed by atoms with van der Waals surface area (Å²) in [5.74, 6) is 0.532. The standard InChI is InChI=1S/C26H32N8O2/c1-27-24(35)8-6-4-5-7-21(31-26(36)23-13-15-29-34(23)3)25-28-17-22(30-25)19-11-9-18(10-12-19)20-14-16-33(2)32-20/h9-17,21H,4-8H2,1-3H3,(H,27,35)(H,28,30)(H,31,36). The zero-order valence-electron chi connectivity index (χ0n) is 20.9. The molecule has 1 unspecified atom stereocenters. The number of carbonyl (C=O) groups is 2. The largest absolute Gasteiger partial charge is 0.359 e.